The summed E-state index contributed by atoms with van der Waals surface area (Å²) >= 11 is 0. The van der Waals surface area contributed by atoms with Gasteiger partial charge in [0.05, 0.1) is 22.9 Å². The van der Waals surface area contributed by atoms with Crippen LogP contribution in [0.5, 0.6) is 0 Å². The summed E-state index contributed by atoms with van der Waals surface area (Å²) in [5.41, 5.74) is 3.45. The Morgan fingerprint density at radius 1 is 1.31 bits per heavy atom. The lowest BCUT2D eigenvalue weighted by Crippen LogP contribution is -2.23. The predicted octanol–water partition coefficient (Wildman–Crippen LogP) is 2.86. The smallest absolute Gasteiger partial charge is 0.252 e. The molecule has 0 saturated heterocycles. The van der Waals surface area contributed by atoms with E-state index in [4.69, 9.17) is 4.42 Å². The maximum atomic E-state index is 12.9. The Morgan fingerprint density at radius 2 is 2.19 bits per heavy atom. The second kappa shape index (κ2) is 6.44. The Labute approximate surface area is 149 Å². The zero-order valence-corrected chi connectivity index (χ0v) is 14.4. The van der Waals surface area contributed by atoms with Crippen molar-refractivity contribution in [1.29, 1.82) is 0 Å². The molecule has 7 heteroatoms. The SMILES string of the molecule is Cc1nn(C)c2nc(-c3ccco3)cc(C(=O)NCc3cccnc3)c12. The number of nitrogens with zero attached hydrogens (tertiary/aromatic N) is 4. The molecule has 4 aromatic heterocycles. The van der Waals surface area contributed by atoms with Gasteiger partial charge in [0.25, 0.3) is 5.91 Å². The molecule has 0 aromatic carbocycles. The van der Waals surface area contributed by atoms with Crippen LogP contribution in [0.1, 0.15) is 21.6 Å². The first-order chi connectivity index (χ1) is 12.6. The van der Waals surface area contributed by atoms with Crippen LogP contribution in [-0.2, 0) is 13.6 Å². The van der Waals surface area contributed by atoms with Crippen LogP contribution in [0.25, 0.3) is 22.5 Å². The number of pyridine rings is 2. The third kappa shape index (κ3) is 2.83. The molecule has 0 fully saturated rings. The van der Waals surface area contributed by atoms with Crippen LogP contribution >= 0.6 is 0 Å². The van der Waals surface area contributed by atoms with Crippen molar-refractivity contribution >= 4 is 16.9 Å². The van der Waals surface area contributed by atoms with Crippen molar-refractivity contribution in [2.75, 3.05) is 0 Å². The van der Waals surface area contributed by atoms with Gasteiger partial charge < -0.3 is 9.73 Å². The van der Waals surface area contributed by atoms with Gasteiger partial charge >= 0.3 is 0 Å². The number of carbonyl (C=O) groups excluding carboxylic acids is 1. The summed E-state index contributed by atoms with van der Waals surface area (Å²) in [5.74, 6) is 0.414. The molecule has 4 rings (SSSR count). The summed E-state index contributed by atoms with van der Waals surface area (Å²) in [4.78, 5) is 21.6. The molecule has 1 amide bonds. The maximum absolute atomic E-state index is 12.9. The van der Waals surface area contributed by atoms with E-state index in [1.165, 1.54) is 0 Å². The van der Waals surface area contributed by atoms with Gasteiger partial charge in [-0.3, -0.25) is 14.5 Å². The van der Waals surface area contributed by atoms with Crippen molar-refractivity contribution in [3.05, 3.63) is 65.8 Å². The first kappa shape index (κ1) is 16.0. The fourth-order valence-electron chi connectivity index (χ4n) is 2.95. The van der Waals surface area contributed by atoms with Crippen molar-refractivity contribution in [2.45, 2.75) is 13.5 Å². The molecule has 0 aliphatic heterocycles. The van der Waals surface area contributed by atoms with Crippen LogP contribution in [0.4, 0.5) is 0 Å². The number of aromatic nitrogens is 4. The number of hydrogen-bond donors (Lipinski definition) is 1. The Kier molecular flexibility index (Phi) is 3.96. The zero-order chi connectivity index (χ0) is 18.1. The van der Waals surface area contributed by atoms with Gasteiger partial charge in [0.1, 0.15) is 5.69 Å². The van der Waals surface area contributed by atoms with E-state index in [1.807, 2.05) is 32.2 Å². The molecule has 0 saturated carbocycles. The van der Waals surface area contributed by atoms with Crippen LogP contribution in [-0.4, -0.2) is 25.7 Å². The van der Waals surface area contributed by atoms with Gasteiger partial charge in [0.2, 0.25) is 0 Å². The largest absolute Gasteiger partial charge is 0.463 e. The van der Waals surface area contributed by atoms with E-state index in [2.05, 4.69) is 20.4 Å². The van der Waals surface area contributed by atoms with Gasteiger partial charge in [0, 0.05) is 26.0 Å². The van der Waals surface area contributed by atoms with E-state index >= 15 is 0 Å². The molecule has 130 valence electrons. The Bertz CT molecular complexity index is 1070. The number of aryl methyl sites for hydroxylation is 2. The third-order valence-electron chi connectivity index (χ3n) is 4.16. The minimum atomic E-state index is -0.190. The van der Waals surface area contributed by atoms with Gasteiger partial charge in [0.15, 0.2) is 11.4 Å². The van der Waals surface area contributed by atoms with Gasteiger partial charge in [-0.1, -0.05) is 6.07 Å². The van der Waals surface area contributed by atoms with Gasteiger partial charge in [-0.2, -0.15) is 5.10 Å². The van der Waals surface area contributed by atoms with Crippen LogP contribution in [0.2, 0.25) is 0 Å². The van der Waals surface area contributed by atoms with E-state index in [-0.39, 0.29) is 5.91 Å². The highest BCUT2D eigenvalue weighted by Gasteiger charge is 2.19. The van der Waals surface area contributed by atoms with Crippen molar-refractivity contribution in [3.8, 4) is 11.5 Å². The molecule has 0 unspecified atom stereocenters. The molecule has 0 aliphatic rings. The summed E-state index contributed by atoms with van der Waals surface area (Å²) in [5, 5.41) is 8.09. The highest BCUT2D eigenvalue weighted by atomic mass is 16.3. The molecule has 26 heavy (non-hydrogen) atoms. The lowest BCUT2D eigenvalue weighted by atomic mass is 10.1. The molecule has 1 N–H and O–H groups in total. The minimum Gasteiger partial charge on any atom is -0.463 e. The van der Waals surface area contributed by atoms with E-state index in [0.29, 0.717) is 29.2 Å². The second-order valence-electron chi connectivity index (χ2n) is 5.98. The summed E-state index contributed by atoms with van der Waals surface area (Å²) < 4.78 is 7.12. The van der Waals surface area contributed by atoms with Gasteiger partial charge in [-0.25, -0.2) is 4.98 Å². The Morgan fingerprint density at radius 3 is 2.92 bits per heavy atom. The zero-order valence-electron chi connectivity index (χ0n) is 14.4. The van der Waals surface area contributed by atoms with Gasteiger partial charge in [-0.15, -0.1) is 0 Å². The lowest BCUT2D eigenvalue weighted by Gasteiger charge is -2.08. The average Bonchev–Trinajstić information content (AvgIpc) is 3.29. The molecule has 0 aliphatic carbocycles. The van der Waals surface area contributed by atoms with Crippen molar-refractivity contribution in [1.82, 2.24) is 25.1 Å². The van der Waals surface area contributed by atoms with E-state index in [0.717, 1.165) is 16.6 Å². The van der Waals surface area contributed by atoms with Crippen molar-refractivity contribution in [3.63, 3.8) is 0 Å². The third-order valence-corrected chi connectivity index (χ3v) is 4.16. The predicted molar refractivity (Wildman–Crippen MR) is 96.4 cm³/mol. The van der Waals surface area contributed by atoms with Crippen molar-refractivity contribution in [2.24, 2.45) is 7.05 Å². The van der Waals surface area contributed by atoms with E-state index in [1.54, 1.807) is 35.5 Å². The molecule has 0 bridgehead atoms. The quantitative estimate of drug-likeness (QED) is 0.613. The Balaban J connectivity index is 1.76. The van der Waals surface area contributed by atoms with Crippen LogP contribution in [0.3, 0.4) is 0 Å². The first-order valence-corrected chi connectivity index (χ1v) is 8.19. The highest BCUT2D eigenvalue weighted by molar-refractivity contribution is 6.07. The Hall–Kier alpha value is -3.48. The van der Waals surface area contributed by atoms with Crippen molar-refractivity contribution < 1.29 is 9.21 Å². The van der Waals surface area contributed by atoms with E-state index < -0.39 is 0 Å². The summed E-state index contributed by atoms with van der Waals surface area (Å²) in [6.07, 6.45) is 5.01. The topological polar surface area (TPSA) is 85.8 Å². The maximum Gasteiger partial charge on any atom is 0.252 e. The number of amides is 1. The fraction of sp³-hybridized carbons (Fsp3) is 0.158. The summed E-state index contributed by atoms with van der Waals surface area (Å²) in [7, 11) is 1.81. The number of furan rings is 1. The molecule has 4 aromatic rings. The molecular weight excluding hydrogens is 330 g/mol. The fourth-order valence-corrected chi connectivity index (χ4v) is 2.95. The molecule has 4 heterocycles. The molecule has 0 radical (unpaired) electrons. The molecular formula is C19H17N5O2. The monoisotopic (exact) mass is 347 g/mol. The normalized spacial score (nSPS) is 11.0. The minimum absolute atomic E-state index is 0.190. The lowest BCUT2D eigenvalue weighted by molar-refractivity contribution is 0.0952. The molecule has 7 nitrogen and oxygen atoms in total. The summed E-state index contributed by atoms with van der Waals surface area (Å²) in [6, 6.07) is 9.10. The highest BCUT2D eigenvalue weighted by Crippen LogP contribution is 2.27. The molecule has 0 atom stereocenters. The second-order valence-corrected chi connectivity index (χ2v) is 5.98. The van der Waals surface area contributed by atoms with Crippen LogP contribution < -0.4 is 5.32 Å². The summed E-state index contributed by atoms with van der Waals surface area (Å²) in [6.45, 7) is 2.26. The van der Waals surface area contributed by atoms with E-state index in [9.17, 15) is 4.79 Å². The molecule has 0 spiro atoms. The van der Waals surface area contributed by atoms with Crippen LogP contribution in [0.15, 0.2) is 53.4 Å². The standard InChI is InChI=1S/C19H17N5O2/c1-12-17-14(19(25)21-11-13-5-3-7-20-10-13)9-15(16-6-4-8-26-16)22-18(17)24(2)23-12/h3-10H,11H2,1-2H3,(H,21,25). The number of nitrogens with one attached hydrogen (secondary N) is 1. The van der Waals surface area contributed by atoms with Crippen LogP contribution in [0, 0.1) is 6.92 Å². The number of rotatable bonds is 4. The van der Waals surface area contributed by atoms with Gasteiger partial charge in [-0.05, 0) is 36.8 Å². The number of carbonyl (C=O) groups is 1. The first-order valence-electron chi connectivity index (χ1n) is 8.19. The average molecular weight is 347 g/mol. The number of fused-ring (bicyclic) bond motifs is 1. The number of hydrogen-bond acceptors (Lipinski definition) is 5.